The fraction of sp³-hybridized carbons (Fsp3) is 0.167. The Kier molecular flexibility index (Phi) is 4.84. The molecule has 0 saturated heterocycles. The van der Waals surface area contributed by atoms with Gasteiger partial charge in [-0.25, -0.2) is 13.6 Å². The molecular formula is C12H12IN3O5S. The fourth-order valence-corrected chi connectivity index (χ4v) is 3.31. The minimum atomic E-state index is -4.00. The second-order valence-corrected chi connectivity index (χ2v) is 7.16. The van der Waals surface area contributed by atoms with Crippen LogP contribution in [0, 0.1) is 3.57 Å². The van der Waals surface area contributed by atoms with Gasteiger partial charge in [0.05, 0.1) is 18.8 Å². The van der Waals surface area contributed by atoms with Gasteiger partial charge in [0.15, 0.2) is 0 Å². The molecule has 118 valence electrons. The van der Waals surface area contributed by atoms with Crippen LogP contribution in [0.25, 0.3) is 0 Å². The summed E-state index contributed by atoms with van der Waals surface area (Å²) in [5, 5.41) is 16.6. The summed E-state index contributed by atoms with van der Waals surface area (Å²) in [6.07, 6.45) is 1.04. The molecule has 2 amide bonds. The number of nitrogens with zero attached hydrogens (tertiary/aromatic N) is 1. The van der Waals surface area contributed by atoms with Gasteiger partial charge in [0, 0.05) is 9.65 Å². The standard InChI is InChI=1S/C12H12IN3O5S/c13-7-1-2-8(10(5-7)22(14,20)21)15-9-6-11(18)16(3-4-17)12(9)19/h1-2,5-6,15,17H,3-4H2,(H2,14,20,21). The minimum Gasteiger partial charge on any atom is -0.395 e. The van der Waals surface area contributed by atoms with Gasteiger partial charge in [-0.2, -0.15) is 0 Å². The van der Waals surface area contributed by atoms with Crippen LogP contribution in [-0.4, -0.2) is 43.4 Å². The highest BCUT2D eigenvalue weighted by molar-refractivity contribution is 14.1. The summed E-state index contributed by atoms with van der Waals surface area (Å²) in [7, 11) is -4.00. The molecule has 0 fully saturated rings. The Morgan fingerprint density at radius 1 is 1.32 bits per heavy atom. The van der Waals surface area contributed by atoms with E-state index in [2.05, 4.69) is 5.32 Å². The number of sulfonamides is 1. The molecule has 0 aliphatic carbocycles. The molecule has 1 aliphatic heterocycles. The smallest absolute Gasteiger partial charge is 0.277 e. The average Bonchev–Trinajstić information content (AvgIpc) is 2.68. The number of carbonyl (C=O) groups excluding carboxylic acids is 2. The Bertz CT molecular complexity index is 775. The number of primary sulfonamides is 1. The van der Waals surface area contributed by atoms with Crippen LogP contribution in [0.2, 0.25) is 0 Å². The number of amides is 2. The van der Waals surface area contributed by atoms with Gasteiger partial charge in [0.25, 0.3) is 11.8 Å². The Labute approximate surface area is 140 Å². The van der Waals surface area contributed by atoms with Crippen molar-refractivity contribution >= 4 is 50.1 Å². The summed E-state index contributed by atoms with van der Waals surface area (Å²) in [4.78, 5) is 24.3. The topological polar surface area (TPSA) is 130 Å². The molecule has 0 saturated carbocycles. The maximum atomic E-state index is 12.0. The maximum absolute atomic E-state index is 12.0. The van der Waals surface area contributed by atoms with Gasteiger partial charge < -0.3 is 10.4 Å². The molecule has 1 aromatic rings. The number of nitrogens with one attached hydrogen (secondary N) is 1. The molecular weight excluding hydrogens is 425 g/mol. The highest BCUT2D eigenvalue weighted by atomic mass is 127. The van der Waals surface area contributed by atoms with Gasteiger partial charge in [-0.3, -0.25) is 14.5 Å². The van der Waals surface area contributed by atoms with Crippen molar-refractivity contribution < 1.29 is 23.1 Å². The lowest BCUT2D eigenvalue weighted by Crippen LogP contribution is -2.34. The summed E-state index contributed by atoms with van der Waals surface area (Å²) in [6, 6.07) is 4.44. The zero-order valence-corrected chi connectivity index (χ0v) is 14.1. The van der Waals surface area contributed by atoms with Crippen molar-refractivity contribution in [2.75, 3.05) is 18.5 Å². The minimum absolute atomic E-state index is 0.0791. The molecule has 1 heterocycles. The van der Waals surface area contributed by atoms with Crippen LogP contribution < -0.4 is 10.5 Å². The molecule has 22 heavy (non-hydrogen) atoms. The lowest BCUT2D eigenvalue weighted by atomic mass is 10.3. The summed E-state index contributed by atoms with van der Waals surface area (Å²) in [6.45, 7) is -0.487. The summed E-state index contributed by atoms with van der Waals surface area (Å²) >= 11 is 1.93. The molecule has 0 aromatic heterocycles. The van der Waals surface area contributed by atoms with Crippen molar-refractivity contribution in [3.63, 3.8) is 0 Å². The zero-order chi connectivity index (χ0) is 16.5. The van der Waals surface area contributed by atoms with Gasteiger partial charge in [-0.1, -0.05) is 0 Å². The van der Waals surface area contributed by atoms with Gasteiger partial charge in [0.1, 0.15) is 10.6 Å². The van der Waals surface area contributed by atoms with Crippen LogP contribution in [0.3, 0.4) is 0 Å². The number of hydrogen-bond acceptors (Lipinski definition) is 6. The molecule has 0 atom stereocenters. The number of rotatable bonds is 5. The lowest BCUT2D eigenvalue weighted by Gasteiger charge is -2.14. The number of hydrogen-bond donors (Lipinski definition) is 3. The molecule has 4 N–H and O–H groups in total. The molecule has 0 spiro atoms. The number of aliphatic hydroxyl groups is 1. The first-order chi connectivity index (χ1) is 10.2. The number of carbonyl (C=O) groups is 2. The second-order valence-electron chi connectivity index (χ2n) is 4.39. The summed E-state index contributed by atoms with van der Waals surface area (Å²) < 4.78 is 23.9. The number of halogens is 1. The molecule has 8 nitrogen and oxygen atoms in total. The SMILES string of the molecule is NS(=O)(=O)c1cc(I)ccc1NC1=CC(=O)N(CCO)C1=O. The van der Waals surface area contributed by atoms with E-state index in [1.54, 1.807) is 6.07 Å². The van der Waals surface area contributed by atoms with Crippen molar-refractivity contribution in [3.05, 3.63) is 33.5 Å². The zero-order valence-electron chi connectivity index (χ0n) is 11.1. The van der Waals surface area contributed by atoms with E-state index in [1.165, 1.54) is 12.1 Å². The fourth-order valence-electron chi connectivity index (χ4n) is 1.89. The maximum Gasteiger partial charge on any atom is 0.277 e. The van der Waals surface area contributed by atoms with E-state index in [4.69, 9.17) is 10.2 Å². The van der Waals surface area contributed by atoms with Gasteiger partial charge in [-0.15, -0.1) is 0 Å². The molecule has 0 bridgehead atoms. The second kappa shape index (κ2) is 6.32. The molecule has 0 unspecified atom stereocenters. The van der Waals surface area contributed by atoms with Crippen molar-refractivity contribution in [1.82, 2.24) is 4.90 Å². The lowest BCUT2D eigenvalue weighted by molar-refractivity contribution is -0.137. The largest absolute Gasteiger partial charge is 0.395 e. The van der Waals surface area contributed by atoms with E-state index in [0.29, 0.717) is 3.57 Å². The van der Waals surface area contributed by atoms with Crippen LogP contribution in [0.4, 0.5) is 5.69 Å². The van der Waals surface area contributed by atoms with Crippen molar-refractivity contribution in [2.24, 2.45) is 5.14 Å². The number of β-amino-alcohol motifs (C(OH)–C–C–N with tert-alkyl or cyclic N) is 1. The summed E-state index contributed by atoms with van der Waals surface area (Å²) in [5.41, 5.74) is 0.0192. The Morgan fingerprint density at radius 3 is 2.59 bits per heavy atom. The van der Waals surface area contributed by atoms with Crippen LogP contribution in [0.1, 0.15) is 0 Å². The molecule has 0 radical (unpaired) electrons. The first-order valence-electron chi connectivity index (χ1n) is 6.02. The normalized spacial score (nSPS) is 15.2. The van der Waals surface area contributed by atoms with E-state index < -0.39 is 21.8 Å². The van der Waals surface area contributed by atoms with Crippen molar-refractivity contribution in [3.8, 4) is 0 Å². The van der Waals surface area contributed by atoms with E-state index >= 15 is 0 Å². The highest BCUT2D eigenvalue weighted by Crippen LogP contribution is 2.25. The van der Waals surface area contributed by atoms with Crippen LogP contribution in [0.5, 0.6) is 0 Å². The molecule has 10 heteroatoms. The number of nitrogens with two attached hydrogens (primary N) is 1. The average molecular weight is 437 g/mol. The number of aliphatic hydroxyl groups excluding tert-OH is 1. The Balaban J connectivity index is 2.35. The van der Waals surface area contributed by atoms with Gasteiger partial charge in [0.2, 0.25) is 10.0 Å². The Morgan fingerprint density at radius 2 is 2.00 bits per heavy atom. The summed E-state index contributed by atoms with van der Waals surface area (Å²) in [5.74, 6) is -1.22. The van der Waals surface area contributed by atoms with Gasteiger partial charge >= 0.3 is 0 Å². The van der Waals surface area contributed by atoms with E-state index in [0.717, 1.165) is 11.0 Å². The molecule has 1 aromatic carbocycles. The predicted octanol–water partition coefficient (Wildman–Crippen LogP) is -0.404. The van der Waals surface area contributed by atoms with Crippen LogP contribution in [0.15, 0.2) is 34.9 Å². The predicted molar refractivity (Wildman–Crippen MR) is 86.0 cm³/mol. The first kappa shape index (κ1) is 16.9. The van der Waals surface area contributed by atoms with Gasteiger partial charge in [-0.05, 0) is 40.8 Å². The van der Waals surface area contributed by atoms with E-state index in [1.807, 2.05) is 22.6 Å². The quantitative estimate of drug-likeness (QED) is 0.425. The third kappa shape index (κ3) is 3.45. The Hall–Kier alpha value is -1.50. The highest BCUT2D eigenvalue weighted by Gasteiger charge is 2.31. The number of imide groups is 1. The van der Waals surface area contributed by atoms with E-state index in [9.17, 15) is 18.0 Å². The van der Waals surface area contributed by atoms with Crippen molar-refractivity contribution in [1.29, 1.82) is 0 Å². The van der Waals surface area contributed by atoms with Crippen LogP contribution >= 0.6 is 22.6 Å². The molecule has 2 rings (SSSR count). The van der Waals surface area contributed by atoms with E-state index in [-0.39, 0.29) is 29.4 Å². The number of anilines is 1. The first-order valence-corrected chi connectivity index (χ1v) is 8.64. The number of benzene rings is 1. The third-order valence-electron chi connectivity index (χ3n) is 2.85. The third-order valence-corrected chi connectivity index (χ3v) is 4.47. The van der Waals surface area contributed by atoms with Crippen LogP contribution in [-0.2, 0) is 19.6 Å². The monoisotopic (exact) mass is 437 g/mol. The molecule has 1 aliphatic rings. The van der Waals surface area contributed by atoms with Crippen molar-refractivity contribution in [2.45, 2.75) is 4.90 Å².